The largest absolute Gasteiger partial charge is 0.494 e. The van der Waals surface area contributed by atoms with Crippen molar-refractivity contribution in [1.82, 2.24) is 0 Å². The Morgan fingerprint density at radius 2 is 2.23 bits per heavy atom. The highest BCUT2D eigenvalue weighted by molar-refractivity contribution is 8.18. The smallest absolute Gasteiger partial charge is 0.238 e. The van der Waals surface area contributed by atoms with Gasteiger partial charge in [0.25, 0.3) is 0 Å². The molecule has 0 bridgehead atoms. The van der Waals surface area contributed by atoms with E-state index >= 15 is 0 Å². The van der Waals surface area contributed by atoms with Crippen molar-refractivity contribution in [3.8, 4) is 11.8 Å². The maximum atomic E-state index is 13.0. The number of aryl methyl sites for hydroxylation is 1. The summed E-state index contributed by atoms with van der Waals surface area (Å²) >= 11 is 4.92. The standard InChI is InChI=1S/C22H25N3O2S3/c1-3-17(29-22-24-16-10-9-13(27-4-2)11-19(16)30-22)20(26)25-21-15(12-23)14-7-5-6-8-18(14)28-21/h9-11,17,22,24H,3-8H2,1-2H3,(H,25,26)/t17-,22-/m1/s1. The summed E-state index contributed by atoms with van der Waals surface area (Å²) in [4.78, 5) is 15.4. The van der Waals surface area contributed by atoms with Gasteiger partial charge in [-0.05, 0) is 62.8 Å². The Labute approximate surface area is 190 Å². The lowest BCUT2D eigenvalue weighted by Gasteiger charge is -2.18. The van der Waals surface area contributed by atoms with E-state index in [-0.39, 0.29) is 15.9 Å². The van der Waals surface area contributed by atoms with E-state index in [4.69, 9.17) is 4.74 Å². The number of nitriles is 1. The first-order chi connectivity index (χ1) is 14.6. The lowest BCUT2D eigenvalue weighted by atomic mass is 9.96. The van der Waals surface area contributed by atoms with Crippen molar-refractivity contribution in [2.75, 3.05) is 17.2 Å². The van der Waals surface area contributed by atoms with E-state index in [1.807, 2.05) is 32.0 Å². The quantitative estimate of drug-likeness (QED) is 0.541. The van der Waals surface area contributed by atoms with Crippen molar-refractivity contribution in [3.05, 3.63) is 34.2 Å². The second-order valence-corrected chi connectivity index (χ2v) is 11.1. The predicted molar refractivity (Wildman–Crippen MR) is 127 cm³/mol. The van der Waals surface area contributed by atoms with E-state index in [1.54, 1.807) is 34.9 Å². The number of thiophene rings is 1. The van der Waals surface area contributed by atoms with E-state index in [2.05, 4.69) is 16.7 Å². The predicted octanol–water partition coefficient (Wildman–Crippen LogP) is 5.85. The number of carbonyl (C=O) groups is 1. The molecule has 1 aliphatic heterocycles. The molecule has 2 aliphatic rings. The first-order valence-electron chi connectivity index (χ1n) is 10.3. The molecule has 0 radical (unpaired) electrons. The summed E-state index contributed by atoms with van der Waals surface area (Å²) < 4.78 is 5.66. The summed E-state index contributed by atoms with van der Waals surface area (Å²) in [5.41, 5.74) is 2.90. The highest BCUT2D eigenvalue weighted by Gasteiger charge is 2.29. The van der Waals surface area contributed by atoms with E-state index < -0.39 is 0 Å². The molecule has 2 N–H and O–H groups in total. The van der Waals surface area contributed by atoms with Crippen molar-refractivity contribution in [3.63, 3.8) is 0 Å². The molecule has 2 heterocycles. The van der Waals surface area contributed by atoms with Crippen molar-refractivity contribution < 1.29 is 9.53 Å². The van der Waals surface area contributed by atoms with Crippen LogP contribution < -0.4 is 15.4 Å². The average Bonchev–Trinajstić information content (AvgIpc) is 3.31. The normalized spacial score (nSPS) is 18.0. The molecule has 158 valence electrons. The van der Waals surface area contributed by atoms with Gasteiger partial charge in [-0.2, -0.15) is 5.26 Å². The third kappa shape index (κ3) is 4.43. The summed E-state index contributed by atoms with van der Waals surface area (Å²) in [5, 5.41) is 16.7. The second-order valence-electron chi connectivity index (χ2n) is 7.23. The van der Waals surface area contributed by atoms with Crippen LogP contribution in [-0.2, 0) is 17.6 Å². The van der Waals surface area contributed by atoms with Crippen LogP contribution in [0.1, 0.15) is 49.1 Å². The van der Waals surface area contributed by atoms with Crippen LogP contribution in [-0.4, -0.2) is 22.5 Å². The summed E-state index contributed by atoms with van der Waals surface area (Å²) in [7, 11) is 0. The number of nitrogens with zero attached hydrogens (tertiary/aromatic N) is 1. The molecule has 0 saturated carbocycles. The SMILES string of the molecule is CCOc1ccc2c(c1)S[C@@H](S[C@H](CC)C(=O)Nc1sc3c(c1C#N)CCCC3)N2. The molecule has 1 aromatic carbocycles. The highest BCUT2D eigenvalue weighted by Crippen LogP contribution is 2.46. The number of anilines is 2. The fourth-order valence-corrected chi connectivity index (χ4v) is 7.67. The van der Waals surface area contributed by atoms with Gasteiger partial charge in [0.1, 0.15) is 21.5 Å². The van der Waals surface area contributed by atoms with Crippen LogP contribution in [0.25, 0.3) is 0 Å². The van der Waals surface area contributed by atoms with Crippen molar-refractivity contribution in [2.45, 2.75) is 60.8 Å². The van der Waals surface area contributed by atoms with E-state index in [1.165, 1.54) is 4.88 Å². The van der Waals surface area contributed by atoms with Crippen LogP contribution in [0.5, 0.6) is 5.75 Å². The number of amides is 1. The first kappa shape index (κ1) is 21.4. The highest BCUT2D eigenvalue weighted by atomic mass is 32.2. The third-order valence-electron chi connectivity index (χ3n) is 5.24. The molecule has 5 nitrogen and oxygen atoms in total. The summed E-state index contributed by atoms with van der Waals surface area (Å²) in [5.74, 6) is 0.845. The Hall–Kier alpha value is -1.82. The number of ether oxygens (including phenoxy) is 1. The maximum absolute atomic E-state index is 13.0. The van der Waals surface area contributed by atoms with Gasteiger partial charge in [0.05, 0.1) is 17.4 Å². The minimum absolute atomic E-state index is 0.0223. The number of benzene rings is 1. The number of carbonyl (C=O) groups excluding carboxylic acids is 1. The molecule has 2 atom stereocenters. The minimum atomic E-state index is -0.193. The third-order valence-corrected chi connectivity index (χ3v) is 9.24. The zero-order chi connectivity index (χ0) is 21.1. The molecule has 1 aromatic heterocycles. The lowest BCUT2D eigenvalue weighted by molar-refractivity contribution is -0.115. The molecule has 8 heteroatoms. The van der Waals surface area contributed by atoms with Gasteiger partial charge in [-0.15, -0.1) is 23.1 Å². The Kier molecular flexibility index (Phi) is 6.81. The van der Waals surface area contributed by atoms with Crippen molar-refractivity contribution in [1.29, 1.82) is 5.26 Å². The van der Waals surface area contributed by atoms with Gasteiger partial charge >= 0.3 is 0 Å². The van der Waals surface area contributed by atoms with Crippen LogP contribution in [0.2, 0.25) is 0 Å². The Morgan fingerprint density at radius 1 is 1.40 bits per heavy atom. The molecule has 0 fully saturated rings. The zero-order valence-corrected chi connectivity index (χ0v) is 19.6. The van der Waals surface area contributed by atoms with Crippen molar-refractivity contribution >= 4 is 51.5 Å². The van der Waals surface area contributed by atoms with Crippen molar-refractivity contribution in [2.24, 2.45) is 0 Å². The minimum Gasteiger partial charge on any atom is -0.494 e. The number of nitrogens with one attached hydrogen (secondary N) is 2. The van der Waals surface area contributed by atoms with Gasteiger partial charge in [-0.25, -0.2) is 0 Å². The Bertz CT molecular complexity index is 983. The first-order valence-corrected chi connectivity index (χ1v) is 13.0. The number of rotatable bonds is 7. The second kappa shape index (κ2) is 9.54. The van der Waals surface area contributed by atoms with Gasteiger partial charge in [0.15, 0.2) is 0 Å². The molecule has 4 rings (SSSR count). The molecule has 1 amide bonds. The van der Waals surface area contributed by atoms with Gasteiger partial charge in [-0.1, -0.05) is 18.7 Å². The number of hydrogen-bond acceptors (Lipinski definition) is 7. The fourth-order valence-electron chi connectivity index (χ4n) is 3.77. The molecule has 0 spiro atoms. The van der Waals surface area contributed by atoms with Crippen LogP contribution in [0.4, 0.5) is 10.7 Å². The van der Waals surface area contributed by atoms with Gasteiger partial charge < -0.3 is 15.4 Å². The molecule has 30 heavy (non-hydrogen) atoms. The fraction of sp³-hybridized carbons (Fsp3) is 0.455. The van der Waals surface area contributed by atoms with Crippen LogP contribution >= 0.6 is 34.9 Å². The number of thioether (sulfide) groups is 2. The molecular weight excluding hydrogens is 434 g/mol. The van der Waals surface area contributed by atoms with E-state index in [0.717, 1.165) is 59.0 Å². The molecule has 1 aliphatic carbocycles. The summed E-state index contributed by atoms with van der Waals surface area (Å²) in [6.45, 7) is 4.65. The monoisotopic (exact) mass is 459 g/mol. The maximum Gasteiger partial charge on any atom is 0.238 e. The molecule has 0 unspecified atom stereocenters. The lowest BCUT2D eigenvalue weighted by Crippen LogP contribution is -2.27. The summed E-state index contributed by atoms with van der Waals surface area (Å²) in [6.07, 6.45) is 4.97. The van der Waals surface area contributed by atoms with Gasteiger partial charge in [0, 0.05) is 15.5 Å². The van der Waals surface area contributed by atoms with Crippen LogP contribution in [0.15, 0.2) is 23.1 Å². The van der Waals surface area contributed by atoms with Crippen LogP contribution in [0.3, 0.4) is 0 Å². The molecule has 0 saturated heterocycles. The molecule has 2 aromatic rings. The molecular formula is C22H25N3O2S3. The topological polar surface area (TPSA) is 74.1 Å². The van der Waals surface area contributed by atoms with Gasteiger partial charge in [0.2, 0.25) is 5.91 Å². The Morgan fingerprint density at radius 3 is 3.00 bits per heavy atom. The number of hydrogen-bond donors (Lipinski definition) is 2. The van der Waals surface area contributed by atoms with E-state index in [9.17, 15) is 10.1 Å². The average molecular weight is 460 g/mol. The van der Waals surface area contributed by atoms with Crippen LogP contribution in [0, 0.1) is 11.3 Å². The van der Waals surface area contributed by atoms with E-state index in [0.29, 0.717) is 12.2 Å². The summed E-state index contributed by atoms with van der Waals surface area (Å²) in [6, 6.07) is 8.38. The zero-order valence-electron chi connectivity index (χ0n) is 17.1. The Balaban J connectivity index is 1.42. The number of fused-ring (bicyclic) bond motifs is 2. The van der Waals surface area contributed by atoms with Gasteiger partial charge in [-0.3, -0.25) is 4.79 Å².